The summed E-state index contributed by atoms with van der Waals surface area (Å²) in [5.74, 6) is 2.14. The number of hydrogen-bond acceptors (Lipinski definition) is 3. The minimum absolute atomic E-state index is 0.0211. The summed E-state index contributed by atoms with van der Waals surface area (Å²) in [6.07, 6.45) is 0.322. The van der Waals surface area contributed by atoms with Gasteiger partial charge in [-0.05, 0) is 30.2 Å². The fourth-order valence-electron chi connectivity index (χ4n) is 2.07. The van der Waals surface area contributed by atoms with Gasteiger partial charge in [-0.25, -0.2) is 13.2 Å². The second-order valence-electron chi connectivity index (χ2n) is 4.54. The highest BCUT2D eigenvalue weighted by atomic mass is 19.2. The van der Waals surface area contributed by atoms with Crippen LogP contribution in [0.2, 0.25) is 0 Å². The van der Waals surface area contributed by atoms with Gasteiger partial charge in [0.15, 0.2) is 17.5 Å². The van der Waals surface area contributed by atoms with Crippen LogP contribution in [0.3, 0.4) is 0 Å². The maximum absolute atomic E-state index is 13.8. The normalized spacial score (nSPS) is 12.2. The summed E-state index contributed by atoms with van der Waals surface area (Å²) in [7, 11) is 1.55. The number of ether oxygens (including phenoxy) is 1. The topological polar surface area (TPSA) is 47.3 Å². The van der Waals surface area contributed by atoms with Gasteiger partial charge in [-0.2, -0.15) is 0 Å². The largest absolute Gasteiger partial charge is 0.497 e. The molecule has 6 heteroatoms. The first kappa shape index (κ1) is 15.3. The molecule has 0 aliphatic carbocycles. The zero-order chi connectivity index (χ0) is 15.4. The minimum Gasteiger partial charge on any atom is -0.497 e. The molecule has 0 amide bonds. The third-order valence-corrected chi connectivity index (χ3v) is 3.24. The molecule has 21 heavy (non-hydrogen) atoms. The summed E-state index contributed by atoms with van der Waals surface area (Å²) >= 11 is 0. The van der Waals surface area contributed by atoms with Crippen molar-refractivity contribution in [3.63, 3.8) is 0 Å². The Morgan fingerprint density at radius 1 is 1.05 bits per heavy atom. The second-order valence-corrected chi connectivity index (χ2v) is 4.54. The van der Waals surface area contributed by atoms with Gasteiger partial charge in [-0.15, -0.1) is 0 Å². The predicted molar refractivity (Wildman–Crippen MR) is 73.1 cm³/mol. The van der Waals surface area contributed by atoms with Gasteiger partial charge in [0.2, 0.25) is 0 Å². The zero-order valence-corrected chi connectivity index (χ0v) is 11.4. The van der Waals surface area contributed by atoms with Crippen molar-refractivity contribution in [2.75, 3.05) is 7.11 Å². The highest BCUT2D eigenvalue weighted by Gasteiger charge is 2.20. The molecule has 2 aromatic rings. The number of nitrogens with two attached hydrogens (primary N) is 1. The summed E-state index contributed by atoms with van der Waals surface area (Å²) in [5, 5.41) is 0. The van der Waals surface area contributed by atoms with Crippen molar-refractivity contribution in [3.8, 4) is 5.75 Å². The van der Waals surface area contributed by atoms with Crippen molar-refractivity contribution < 1.29 is 17.9 Å². The summed E-state index contributed by atoms with van der Waals surface area (Å²) in [5.41, 5.74) is 3.25. The van der Waals surface area contributed by atoms with Crippen molar-refractivity contribution in [1.29, 1.82) is 0 Å². The number of methoxy groups -OCH3 is 1. The van der Waals surface area contributed by atoms with Crippen molar-refractivity contribution in [3.05, 3.63) is 65.0 Å². The molecule has 0 radical (unpaired) electrons. The van der Waals surface area contributed by atoms with Gasteiger partial charge in [0, 0.05) is 5.56 Å². The molecule has 2 aromatic carbocycles. The molecule has 1 unspecified atom stereocenters. The second kappa shape index (κ2) is 6.60. The minimum atomic E-state index is -1.50. The van der Waals surface area contributed by atoms with E-state index in [2.05, 4.69) is 5.43 Å². The van der Waals surface area contributed by atoms with Crippen LogP contribution in [-0.4, -0.2) is 7.11 Å². The van der Waals surface area contributed by atoms with E-state index in [9.17, 15) is 13.2 Å². The van der Waals surface area contributed by atoms with E-state index >= 15 is 0 Å². The van der Waals surface area contributed by atoms with Crippen LogP contribution in [0.4, 0.5) is 13.2 Å². The molecule has 0 bridgehead atoms. The van der Waals surface area contributed by atoms with E-state index in [0.717, 1.165) is 11.6 Å². The lowest BCUT2D eigenvalue weighted by Crippen LogP contribution is -2.30. The van der Waals surface area contributed by atoms with Crippen molar-refractivity contribution in [2.45, 2.75) is 12.5 Å². The molecular formula is C15H15F3N2O. The molecule has 0 heterocycles. The van der Waals surface area contributed by atoms with Crippen LogP contribution in [0.15, 0.2) is 36.4 Å². The number of hydrogen-bond donors (Lipinski definition) is 2. The molecule has 2 rings (SSSR count). The molecule has 0 aliphatic heterocycles. The van der Waals surface area contributed by atoms with Crippen LogP contribution in [0, 0.1) is 17.5 Å². The van der Waals surface area contributed by atoms with Crippen LogP contribution >= 0.6 is 0 Å². The smallest absolute Gasteiger partial charge is 0.194 e. The van der Waals surface area contributed by atoms with Gasteiger partial charge < -0.3 is 4.74 Å². The molecule has 0 spiro atoms. The Kier molecular flexibility index (Phi) is 4.82. The summed E-state index contributed by atoms with van der Waals surface area (Å²) < 4.78 is 45.1. The number of rotatable bonds is 5. The van der Waals surface area contributed by atoms with Gasteiger partial charge >= 0.3 is 0 Å². The number of halogens is 3. The van der Waals surface area contributed by atoms with E-state index < -0.39 is 23.5 Å². The highest BCUT2D eigenvalue weighted by Crippen LogP contribution is 2.24. The fraction of sp³-hybridized carbons (Fsp3) is 0.200. The van der Waals surface area contributed by atoms with Gasteiger partial charge in [0.1, 0.15) is 5.75 Å². The predicted octanol–water partition coefficient (Wildman–Crippen LogP) is 2.86. The van der Waals surface area contributed by atoms with Gasteiger partial charge in [0.05, 0.1) is 13.2 Å². The van der Waals surface area contributed by atoms with Crippen LogP contribution < -0.4 is 16.0 Å². The first-order valence-corrected chi connectivity index (χ1v) is 6.29. The van der Waals surface area contributed by atoms with Crippen molar-refractivity contribution >= 4 is 0 Å². The van der Waals surface area contributed by atoms with Crippen LogP contribution in [0.1, 0.15) is 17.2 Å². The highest BCUT2D eigenvalue weighted by molar-refractivity contribution is 5.30. The van der Waals surface area contributed by atoms with E-state index in [4.69, 9.17) is 10.6 Å². The molecule has 112 valence electrons. The molecule has 3 nitrogen and oxygen atoms in total. The monoisotopic (exact) mass is 296 g/mol. The fourth-order valence-corrected chi connectivity index (χ4v) is 2.07. The summed E-state index contributed by atoms with van der Waals surface area (Å²) in [4.78, 5) is 0. The van der Waals surface area contributed by atoms with Crippen LogP contribution in [0.25, 0.3) is 0 Å². The molecule has 1 atom stereocenters. The molecule has 3 N–H and O–H groups in total. The Labute approximate surface area is 120 Å². The zero-order valence-electron chi connectivity index (χ0n) is 11.4. The number of nitrogens with one attached hydrogen (secondary N) is 1. The Hall–Kier alpha value is -2.05. The number of benzene rings is 2. The molecule has 0 aromatic heterocycles. The summed E-state index contributed by atoms with van der Waals surface area (Å²) in [6.45, 7) is 0. The molecule has 0 saturated heterocycles. The van der Waals surface area contributed by atoms with Crippen LogP contribution in [-0.2, 0) is 6.42 Å². The average Bonchev–Trinajstić information content (AvgIpc) is 2.51. The molecule has 0 saturated carbocycles. The maximum atomic E-state index is 13.8. The van der Waals surface area contributed by atoms with Crippen LogP contribution in [0.5, 0.6) is 5.75 Å². The lowest BCUT2D eigenvalue weighted by Gasteiger charge is -2.17. The number of hydrazine groups is 1. The molecule has 0 fully saturated rings. The van der Waals surface area contributed by atoms with E-state index in [1.165, 1.54) is 6.07 Å². The lowest BCUT2D eigenvalue weighted by atomic mass is 9.98. The standard InChI is InChI=1S/C15H15F3N2O/c1-21-10-4-2-9(3-5-10)8-13(20-19)11-6-7-12(16)15(18)14(11)17/h2-7,13,20H,8,19H2,1H3. The quantitative estimate of drug-likeness (QED) is 0.507. The third-order valence-electron chi connectivity index (χ3n) is 3.24. The summed E-state index contributed by atoms with van der Waals surface area (Å²) in [6, 6.07) is 8.48. The Balaban J connectivity index is 2.25. The molecular weight excluding hydrogens is 281 g/mol. The van der Waals surface area contributed by atoms with E-state index in [1.807, 2.05) is 0 Å². The van der Waals surface area contributed by atoms with E-state index in [-0.39, 0.29) is 5.56 Å². The maximum Gasteiger partial charge on any atom is 0.194 e. The lowest BCUT2D eigenvalue weighted by molar-refractivity contribution is 0.414. The van der Waals surface area contributed by atoms with Crippen molar-refractivity contribution in [1.82, 2.24) is 5.43 Å². The van der Waals surface area contributed by atoms with Crippen molar-refractivity contribution in [2.24, 2.45) is 5.84 Å². The third kappa shape index (κ3) is 3.34. The first-order chi connectivity index (χ1) is 10.1. The SMILES string of the molecule is COc1ccc(CC(NN)c2ccc(F)c(F)c2F)cc1. The Bertz CT molecular complexity index is 617. The van der Waals surface area contributed by atoms with E-state index in [1.54, 1.807) is 31.4 Å². The van der Waals surface area contributed by atoms with E-state index in [0.29, 0.717) is 12.2 Å². The first-order valence-electron chi connectivity index (χ1n) is 6.29. The Morgan fingerprint density at radius 3 is 2.29 bits per heavy atom. The molecule has 0 aliphatic rings. The van der Waals surface area contributed by atoms with Gasteiger partial charge in [0.25, 0.3) is 0 Å². The average molecular weight is 296 g/mol. The Morgan fingerprint density at radius 2 is 1.71 bits per heavy atom. The van der Waals surface area contributed by atoms with Gasteiger partial charge in [-0.3, -0.25) is 11.3 Å². The van der Waals surface area contributed by atoms with Gasteiger partial charge in [-0.1, -0.05) is 18.2 Å².